The van der Waals surface area contributed by atoms with E-state index < -0.39 is 5.97 Å². The van der Waals surface area contributed by atoms with Crippen LogP contribution in [0, 0.1) is 0 Å². The van der Waals surface area contributed by atoms with Gasteiger partial charge in [0.05, 0.1) is 7.11 Å². The van der Waals surface area contributed by atoms with Crippen LogP contribution in [0.25, 0.3) is 0 Å². The van der Waals surface area contributed by atoms with Crippen LogP contribution in [0.15, 0.2) is 0 Å². The van der Waals surface area contributed by atoms with Crippen molar-refractivity contribution in [3.63, 3.8) is 0 Å². The summed E-state index contributed by atoms with van der Waals surface area (Å²) < 4.78 is 5.77. The minimum atomic E-state index is -0.578. The molecular weight excluding hydrogens is 182 g/mol. The van der Waals surface area contributed by atoms with Gasteiger partial charge in [0.1, 0.15) is 11.4 Å². The number of aromatic nitrogens is 2. The minimum Gasteiger partial charge on any atom is -0.465 e. The van der Waals surface area contributed by atoms with E-state index in [2.05, 4.69) is 9.84 Å². The average molecular weight is 190 g/mol. The third-order valence-corrected chi connectivity index (χ3v) is 1.70. The normalized spacial score (nSPS) is 9.92. The van der Waals surface area contributed by atoms with Crippen LogP contribution in [0.3, 0.4) is 0 Å². The molecule has 1 aromatic rings. The van der Waals surface area contributed by atoms with Gasteiger partial charge in [0, 0.05) is 7.05 Å². The summed E-state index contributed by atoms with van der Waals surface area (Å²) >= 11 is 5.61. The fourth-order valence-corrected chi connectivity index (χ4v) is 1.08. The van der Waals surface area contributed by atoms with Gasteiger partial charge in [-0.15, -0.1) is 0 Å². The van der Waals surface area contributed by atoms with Gasteiger partial charge in [-0.2, -0.15) is 5.10 Å². The van der Waals surface area contributed by atoms with Gasteiger partial charge < -0.3 is 10.5 Å². The van der Waals surface area contributed by atoms with Crippen molar-refractivity contribution in [3.05, 3.63) is 10.7 Å². The molecule has 0 bridgehead atoms. The maximum atomic E-state index is 11.0. The Hall–Kier alpha value is -1.23. The predicted molar refractivity (Wildman–Crippen MR) is 44.0 cm³/mol. The number of hydrogen-bond donors (Lipinski definition) is 1. The first-order valence-electron chi connectivity index (χ1n) is 3.14. The largest absolute Gasteiger partial charge is 0.465 e. The highest BCUT2D eigenvalue weighted by molar-refractivity contribution is 6.33. The van der Waals surface area contributed by atoms with E-state index in [-0.39, 0.29) is 16.5 Å². The monoisotopic (exact) mass is 189 g/mol. The van der Waals surface area contributed by atoms with Crippen LogP contribution in [-0.4, -0.2) is 22.9 Å². The molecule has 0 aliphatic carbocycles. The van der Waals surface area contributed by atoms with Crippen molar-refractivity contribution < 1.29 is 9.53 Å². The zero-order valence-electron chi connectivity index (χ0n) is 6.67. The smallest absolute Gasteiger partial charge is 0.344 e. The van der Waals surface area contributed by atoms with Gasteiger partial charge in [-0.25, -0.2) is 4.79 Å². The van der Waals surface area contributed by atoms with Crippen molar-refractivity contribution in [1.29, 1.82) is 0 Å². The minimum absolute atomic E-state index is 0.0573. The Labute approximate surface area is 74.1 Å². The van der Waals surface area contributed by atoms with Crippen LogP contribution in [0.2, 0.25) is 5.15 Å². The van der Waals surface area contributed by atoms with Crippen LogP contribution in [0.1, 0.15) is 10.4 Å². The van der Waals surface area contributed by atoms with Gasteiger partial charge in [-0.05, 0) is 0 Å². The highest BCUT2D eigenvalue weighted by atomic mass is 35.5. The summed E-state index contributed by atoms with van der Waals surface area (Å²) in [5.41, 5.74) is 5.61. The molecule has 0 amide bonds. The van der Waals surface area contributed by atoms with E-state index >= 15 is 0 Å². The Kier molecular flexibility index (Phi) is 2.23. The summed E-state index contributed by atoms with van der Waals surface area (Å²) in [4.78, 5) is 11.0. The molecule has 0 aromatic carbocycles. The molecule has 0 unspecified atom stereocenters. The van der Waals surface area contributed by atoms with Crippen molar-refractivity contribution in [2.75, 3.05) is 12.8 Å². The van der Waals surface area contributed by atoms with Crippen LogP contribution < -0.4 is 5.73 Å². The highest BCUT2D eigenvalue weighted by Gasteiger charge is 2.19. The average Bonchev–Trinajstić information content (AvgIpc) is 2.26. The summed E-state index contributed by atoms with van der Waals surface area (Å²) in [7, 11) is 2.85. The number of hydrogen-bond acceptors (Lipinski definition) is 4. The zero-order chi connectivity index (χ0) is 9.30. The number of nitrogens with zero attached hydrogens (tertiary/aromatic N) is 2. The van der Waals surface area contributed by atoms with Crippen molar-refractivity contribution in [1.82, 2.24) is 9.78 Å². The molecule has 1 aromatic heterocycles. The van der Waals surface area contributed by atoms with Crippen LogP contribution in [0.5, 0.6) is 0 Å². The Morgan fingerprint density at radius 2 is 2.33 bits per heavy atom. The number of methoxy groups -OCH3 is 1. The number of ether oxygens (including phenoxy) is 1. The van der Waals surface area contributed by atoms with Crippen LogP contribution >= 0.6 is 11.6 Å². The molecular formula is C6H8ClN3O2. The molecule has 5 nitrogen and oxygen atoms in total. The molecule has 0 spiro atoms. The summed E-state index contributed by atoms with van der Waals surface area (Å²) in [5, 5.41) is 3.79. The number of anilines is 1. The summed E-state index contributed by atoms with van der Waals surface area (Å²) in [5.74, 6) is -0.377. The number of nitrogen functional groups attached to an aromatic ring is 1. The summed E-state index contributed by atoms with van der Waals surface area (Å²) in [6, 6.07) is 0. The maximum Gasteiger partial charge on any atom is 0.344 e. The molecule has 66 valence electrons. The van der Waals surface area contributed by atoms with Crippen LogP contribution in [-0.2, 0) is 11.8 Å². The third kappa shape index (κ3) is 1.23. The van der Waals surface area contributed by atoms with Crippen molar-refractivity contribution in [2.45, 2.75) is 0 Å². The lowest BCUT2D eigenvalue weighted by Crippen LogP contribution is -2.06. The maximum absolute atomic E-state index is 11.0. The number of nitrogens with two attached hydrogens (primary N) is 1. The molecule has 2 N–H and O–H groups in total. The number of rotatable bonds is 1. The van der Waals surface area contributed by atoms with Gasteiger partial charge in [0.2, 0.25) is 0 Å². The molecule has 6 heteroatoms. The Morgan fingerprint density at radius 3 is 2.67 bits per heavy atom. The molecule has 0 radical (unpaired) electrons. The fourth-order valence-electron chi connectivity index (χ4n) is 0.794. The molecule has 0 saturated carbocycles. The number of carbonyl (C=O) groups is 1. The van der Waals surface area contributed by atoms with E-state index in [1.807, 2.05) is 0 Å². The first-order valence-corrected chi connectivity index (χ1v) is 3.52. The highest BCUT2D eigenvalue weighted by Crippen LogP contribution is 2.20. The van der Waals surface area contributed by atoms with Gasteiger partial charge >= 0.3 is 5.97 Å². The van der Waals surface area contributed by atoms with Gasteiger partial charge in [0.15, 0.2) is 5.15 Å². The van der Waals surface area contributed by atoms with Gasteiger partial charge in [-0.3, -0.25) is 4.68 Å². The van der Waals surface area contributed by atoms with Crippen LogP contribution in [0.4, 0.5) is 5.82 Å². The first-order chi connectivity index (χ1) is 5.57. The van der Waals surface area contributed by atoms with Crippen molar-refractivity contribution in [3.8, 4) is 0 Å². The summed E-state index contributed by atoms with van der Waals surface area (Å²) in [6.07, 6.45) is 0. The number of halogens is 1. The quantitative estimate of drug-likeness (QED) is 0.651. The second-order valence-electron chi connectivity index (χ2n) is 2.17. The standard InChI is InChI=1S/C6H8ClN3O2/c1-10-5(8)3(4(7)9-10)6(11)12-2/h8H2,1-2H3. The van der Waals surface area contributed by atoms with E-state index in [4.69, 9.17) is 17.3 Å². The third-order valence-electron chi connectivity index (χ3n) is 1.44. The molecule has 0 fully saturated rings. The van der Waals surface area contributed by atoms with E-state index in [1.165, 1.54) is 11.8 Å². The van der Waals surface area contributed by atoms with E-state index in [1.54, 1.807) is 7.05 Å². The number of aryl methyl sites for hydroxylation is 1. The number of esters is 1. The second kappa shape index (κ2) is 3.02. The zero-order valence-corrected chi connectivity index (χ0v) is 7.42. The van der Waals surface area contributed by atoms with Crippen molar-refractivity contribution in [2.24, 2.45) is 7.05 Å². The molecule has 1 heterocycles. The Balaban J connectivity index is 3.22. The van der Waals surface area contributed by atoms with Gasteiger partial charge in [-0.1, -0.05) is 11.6 Å². The Bertz CT molecular complexity index is 321. The lowest BCUT2D eigenvalue weighted by molar-refractivity contribution is 0.0602. The SMILES string of the molecule is COC(=O)c1c(Cl)nn(C)c1N. The lowest BCUT2D eigenvalue weighted by atomic mass is 10.3. The fraction of sp³-hybridized carbons (Fsp3) is 0.333. The summed E-state index contributed by atoms with van der Waals surface area (Å²) in [6.45, 7) is 0. The topological polar surface area (TPSA) is 70.1 Å². The van der Waals surface area contributed by atoms with E-state index in [0.717, 1.165) is 0 Å². The molecule has 0 aliphatic rings. The Morgan fingerprint density at radius 1 is 1.75 bits per heavy atom. The number of carbonyl (C=O) groups excluding carboxylic acids is 1. The molecule has 12 heavy (non-hydrogen) atoms. The first kappa shape index (κ1) is 8.86. The molecule has 0 aliphatic heterocycles. The molecule has 0 saturated heterocycles. The van der Waals surface area contributed by atoms with E-state index in [9.17, 15) is 4.79 Å². The van der Waals surface area contributed by atoms with E-state index in [0.29, 0.717) is 0 Å². The molecule has 1 rings (SSSR count). The van der Waals surface area contributed by atoms with Crippen molar-refractivity contribution >= 4 is 23.4 Å². The second-order valence-corrected chi connectivity index (χ2v) is 2.52. The predicted octanol–water partition coefficient (Wildman–Crippen LogP) is 0.442. The lowest BCUT2D eigenvalue weighted by Gasteiger charge is -1.97. The molecule has 0 atom stereocenters. The van der Waals surface area contributed by atoms with Gasteiger partial charge in [0.25, 0.3) is 0 Å².